The molecule has 2 heterocycles. The number of nitrogen functional groups attached to an aromatic ring is 1. The molecule has 32 heavy (non-hydrogen) atoms. The van der Waals surface area contributed by atoms with Crippen LogP contribution >= 0.6 is 0 Å². The summed E-state index contributed by atoms with van der Waals surface area (Å²) in [6.45, 7) is 1.30. The number of imidazole rings is 1. The number of nitrogens with one attached hydrogen (secondary N) is 1. The van der Waals surface area contributed by atoms with Gasteiger partial charge in [-0.1, -0.05) is 54.6 Å². The first-order valence-corrected chi connectivity index (χ1v) is 10.6. The van der Waals surface area contributed by atoms with E-state index in [-0.39, 0.29) is 0 Å². The van der Waals surface area contributed by atoms with Crippen LogP contribution in [0.15, 0.2) is 73.1 Å². The molecule has 160 valence electrons. The van der Waals surface area contributed by atoms with Crippen LogP contribution in [-0.4, -0.2) is 27.2 Å². The summed E-state index contributed by atoms with van der Waals surface area (Å²) in [5.41, 5.74) is 8.67. The molecule has 3 N–H and O–H groups in total. The Morgan fingerprint density at radius 3 is 2.66 bits per heavy atom. The summed E-state index contributed by atoms with van der Waals surface area (Å²) >= 11 is 0. The Morgan fingerprint density at radius 1 is 0.969 bits per heavy atom. The standard InChI is InChI=1S/C25H23N5O2/c26-24-22-23(19-11-3-4-12-20(19)29-24)30(16-28-22)15-6-5-14-27-25(31)32-21-13-7-9-17-8-1-2-10-18(17)21/h1-4,7-13,16H,5-6,14-15H2,(H2,26,29)(H,27,31). The number of amides is 1. The van der Waals surface area contributed by atoms with Crippen molar-refractivity contribution >= 4 is 44.6 Å². The zero-order valence-corrected chi connectivity index (χ0v) is 17.5. The monoisotopic (exact) mass is 425 g/mol. The number of unbranched alkanes of at least 4 members (excludes halogenated alkanes) is 1. The molecule has 0 saturated heterocycles. The third kappa shape index (κ3) is 3.80. The smallest absolute Gasteiger partial charge is 0.410 e. The van der Waals surface area contributed by atoms with Crippen molar-refractivity contribution in [1.29, 1.82) is 0 Å². The van der Waals surface area contributed by atoms with E-state index in [0.29, 0.717) is 18.1 Å². The van der Waals surface area contributed by atoms with Gasteiger partial charge in [-0.15, -0.1) is 0 Å². The number of hydrogen-bond acceptors (Lipinski definition) is 5. The summed E-state index contributed by atoms with van der Waals surface area (Å²) in [4.78, 5) is 21.1. The van der Waals surface area contributed by atoms with Crippen LogP contribution in [0.2, 0.25) is 0 Å². The fourth-order valence-corrected chi connectivity index (χ4v) is 3.99. The molecule has 0 atom stereocenters. The molecule has 0 aliphatic rings. The van der Waals surface area contributed by atoms with E-state index in [1.165, 1.54) is 0 Å². The number of nitrogens with zero attached hydrogens (tertiary/aromatic N) is 3. The first kappa shape index (κ1) is 19.8. The number of rotatable bonds is 6. The van der Waals surface area contributed by atoms with Crippen LogP contribution in [0.5, 0.6) is 5.75 Å². The number of nitrogens with two attached hydrogens (primary N) is 1. The second-order valence-corrected chi connectivity index (χ2v) is 7.65. The number of ether oxygens (including phenoxy) is 1. The highest BCUT2D eigenvalue weighted by molar-refractivity contribution is 6.06. The molecule has 0 bridgehead atoms. The van der Waals surface area contributed by atoms with Gasteiger partial charge in [0.2, 0.25) is 0 Å². The molecule has 3 aromatic carbocycles. The van der Waals surface area contributed by atoms with Gasteiger partial charge >= 0.3 is 6.09 Å². The lowest BCUT2D eigenvalue weighted by Gasteiger charge is -2.10. The van der Waals surface area contributed by atoms with Gasteiger partial charge < -0.3 is 20.4 Å². The Labute approximate surface area is 184 Å². The average molecular weight is 425 g/mol. The van der Waals surface area contributed by atoms with Gasteiger partial charge in [0.25, 0.3) is 0 Å². The predicted molar refractivity (Wildman–Crippen MR) is 127 cm³/mol. The molecule has 0 aliphatic carbocycles. The van der Waals surface area contributed by atoms with Gasteiger partial charge in [-0.2, -0.15) is 0 Å². The van der Waals surface area contributed by atoms with Crippen LogP contribution in [-0.2, 0) is 6.54 Å². The van der Waals surface area contributed by atoms with Crippen molar-refractivity contribution in [2.24, 2.45) is 0 Å². The van der Waals surface area contributed by atoms with Crippen LogP contribution in [0.3, 0.4) is 0 Å². The first-order valence-electron chi connectivity index (χ1n) is 10.6. The van der Waals surface area contributed by atoms with E-state index in [0.717, 1.165) is 52.1 Å². The summed E-state index contributed by atoms with van der Waals surface area (Å²) < 4.78 is 7.61. The van der Waals surface area contributed by atoms with Gasteiger partial charge in [0.05, 0.1) is 17.4 Å². The quantitative estimate of drug-likeness (QED) is 0.378. The zero-order chi connectivity index (χ0) is 21.9. The van der Waals surface area contributed by atoms with Gasteiger partial charge in [-0.3, -0.25) is 0 Å². The number of anilines is 1. The maximum Gasteiger partial charge on any atom is 0.412 e. The van der Waals surface area contributed by atoms with Crippen LogP contribution in [0.1, 0.15) is 12.8 Å². The Morgan fingerprint density at radius 2 is 1.75 bits per heavy atom. The number of hydrogen-bond donors (Lipinski definition) is 2. The first-order chi connectivity index (χ1) is 15.7. The highest BCUT2D eigenvalue weighted by atomic mass is 16.6. The molecule has 0 fully saturated rings. The summed E-state index contributed by atoms with van der Waals surface area (Å²) in [5.74, 6) is 0.999. The number of carbonyl (C=O) groups is 1. The normalized spacial score (nSPS) is 11.2. The topological polar surface area (TPSA) is 95.1 Å². The van der Waals surface area contributed by atoms with Crippen molar-refractivity contribution in [3.63, 3.8) is 0 Å². The van der Waals surface area contributed by atoms with Crippen molar-refractivity contribution < 1.29 is 9.53 Å². The molecule has 0 saturated carbocycles. The van der Waals surface area contributed by atoms with E-state index in [2.05, 4.69) is 19.9 Å². The minimum absolute atomic E-state index is 0.440. The SMILES string of the molecule is Nc1nc2ccccc2c2c1ncn2CCCCNC(=O)Oc1cccc2ccccc12. The maximum atomic E-state index is 12.2. The van der Waals surface area contributed by atoms with Gasteiger partial charge in [-0.25, -0.2) is 14.8 Å². The van der Waals surface area contributed by atoms with E-state index in [1.807, 2.05) is 60.7 Å². The van der Waals surface area contributed by atoms with Crippen LogP contribution < -0.4 is 15.8 Å². The highest BCUT2D eigenvalue weighted by Crippen LogP contribution is 2.27. The van der Waals surface area contributed by atoms with E-state index in [9.17, 15) is 4.79 Å². The molecule has 7 heteroatoms. The number of carbonyl (C=O) groups excluding carboxylic acids is 1. The third-order valence-corrected chi connectivity index (χ3v) is 5.53. The Hall–Kier alpha value is -4.13. The average Bonchev–Trinajstić information content (AvgIpc) is 3.24. The van der Waals surface area contributed by atoms with Gasteiger partial charge in [-0.05, 0) is 30.4 Å². The number of pyridine rings is 1. The lowest BCUT2D eigenvalue weighted by Crippen LogP contribution is -2.27. The fourth-order valence-electron chi connectivity index (χ4n) is 3.99. The largest absolute Gasteiger partial charge is 0.412 e. The van der Waals surface area contributed by atoms with E-state index >= 15 is 0 Å². The third-order valence-electron chi connectivity index (χ3n) is 5.53. The number of fused-ring (bicyclic) bond motifs is 4. The van der Waals surface area contributed by atoms with Gasteiger partial charge in [0.1, 0.15) is 11.3 Å². The summed E-state index contributed by atoms with van der Waals surface area (Å²) in [5, 5.41) is 5.82. The van der Waals surface area contributed by atoms with Crippen LogP contribution in [0, 0.1) is 0 Å². The lowest BCUT2D eigenvalue weighted by molar-refractivity contribution is 0.201. The summed E-state index contributed by atoms with van der Waals surface area (Å²) in [6.07, 6.45) is 3.04. The fraction of sp³-hybridized carbons (Fsp3) is 0.160. The Bertz CT molecular complexity index is 1420. The van der Waals surface area contributed by atoms with Crippen molar-refractivity contribution in [2.45, 2.75) is 19.4 Å². The predicted octanol–water partition coefficient (Wildman–Crippen LogP) is 4.89. The zero-order valence-electron chi connectivity index (χ0n) is 17.5. The second-order valence-electron chi connectivity index (χ2n) is 7.65. The van der Waals surface area contributed by atoms with Crippen molar-refractivity contribution in [3.05, 3.63) is 73.1 Å². The van der Waals surface area contributed by atoms with E-state index in [1.54, 1.807) is 12.4 Å². The molecule has 7 nitrogen and oxygen atoms in total. The lowest BCUT2D eigenvalue weighted by atomic mass is 10.1. The van der Waals surface area contributed by atoms with Gasteiger partial charge in [0, 0.05) is 23.9 Å². The number of aromatic nitrogens is 3. The van der Waals surface area contributed by atoms with Gasteiger partial charge in [0.15, 0.2) is 5.82 Å². The van der Waals surface area contributed by atoms with Crippen molar-refractivity contribution in [2.75, 3.05) is 12.3 Å². The summed E-state index contributed by atoms with van der Waals surface area (Å²) in [7, 11) is 0. The summed E-state index contributed by atoms with van der Waals surface area (Å²) in [6, 6.07) is 21.4. The second kappa shape index (κ2) is 8.55. The van der Waals surface area contributed by atoms with E-state index < -0.39 is 6.09 Å². The number of benzene rings is 3. The molecule has 0 spiro atoms. The molecular weight excluding hydrogens is 402 g/mol. The minimum atomic E-state index is -0.445. The van der Waals surface area contributed by atoms with Crippen molar-refractivity contribution in [3.8, 4) is 5.75 Å². The number of aryl methyl sites for hydroxylation is 1. The highest BCUT2D eigenvalue weighted by Gasteiger charge is 2.12. The molecule has 5 aromatic rings. The molecule has 2 aromatic heterocycles. The Balaban J connectivity index is 1.18. The van der Waals surface area contributed by atoms with Crippen LogP contribution in [0.25, 0.3) is 32.7 Å². The number of para-hydroxylation sites is 1. The molecule has 0 unspecified atom stereocenters. The molecular formula is C25H23N5O2. The minimum Gasteiger partial charge on any atom is -0.410 e. The molecule has 0 radical (unpaired) electrons. The Kier molecular flexibility index (Phi) is 5.29. The van der Waals surface area contributed by atoms with Crippen molar-refractivity contribution in [1.82, 2.24) is 19.9 Å². The maximum absolute atomic E-state index is 12.2. The van der Waals surface area contributed by atoms with Crippen LogP contribution in [0.4, 0.5) is 10.6 Å². The molecule has 1 amide bonds. The van der Waals surface area contributed by atoms with E-state index in [4.69, 9.17) is 10.5 Å². The molecule has 5 rings (SSSR count). The molecule has 0 aliphatic heterocycles.